The van der Waals surface area contributed by atoms with Gasteiger partial charge in [0.05, 0.1) is 0 Å². The van der Waals surface area contributed by atoms with Gasteiger partial charge in [0.2, 0.25) is 0 Å². The van der Waals surface area contributed by atoms with E-state index >= 15 is 0 Å². The van der Waals surface area contributed by atoms with E-state index in [0.717, 1.165) is 22.3 Å². The summed E-state index contributed by atoms with van der Waals surface area (Å²) in [6.45, 7) is 1.90. The Morgan fingerprint density at radius 1 is 0.345 bits per heavy atom. The molecule has 1 aliphatic rings. The molecule has 7 aromatic carbocycles. The fourth-order valence-electron chi connectivity index (χ4n) is 8.23. The Labute approximate surface area is 345 Å². The first-order chi connectivity index (χ1) is 28.8. The molecule has 0 amide bonds. The number of rotatable bonds is 17. The van der Waals surface area contributed by atoms with Gasteiger partial charge in [-0.25, -0.2) is 0 Å². The second-order valence-electron chi connectivity index (χ2n) is 14.8. The first-order valence-electron chi connectivity index (χ1n) is 20.2. The van der Waals surface area contributed by atoms with Crippen molar-refractivity contribution in [2.45, 2.75) is 55.8 Å². The van der Waals surface area contributed by atoms with Gasteiger partial charge in [-0.2, -0.15) is 0 Å². The van der Waals surface area contributed by atoms with Crippen molar-refractivity contribution in [3.05, 3.63) is 235 Å². The molecule has 0 saturated carbocycles. The Balaban J connectivity index is 1.30. The Morgan fingerprint density at radius 3 is 1.03 bits per heavy atom. The van der Waals surface area contributed by atoms with Crippen LogP contribution in [0.2, 0.25) is 0 Å². The summed E-state index contributed by atoms with van der Waals surface area (Å²) in [6, 6.07) is 74.3. The fourth-order valence-corrected chi connectivity index (χ4v) is 19.3. The van der Waals surface area contributed by atoms with Crippen LogP contribution < -0.4 is 13.2 Å². The summed E-state index contributed by atoms with van der Waals surface area (Å²) in [5, 5.41) is 0. The van der Waals surface area contributed by atoms with Crippen molar-refractivity contribution in [3.8, 4) is 0 Å². The van der Waals surface area contributed by atoms with Gasteiger partial charge < -0.3 is 0 Å². The normalized spacial score (nSPS) is 19.4. The van der Waals surface area contributed by atoms with Crippen molar-refractivity contribution >= 4 is 26.5 Å². The van der Waals surface area contributed by atoms with Crippen LogP contribution in [0.1, 0.15) is 22.3 Å². The molecule has 1 saturated heterocycles. The molecule has 0 spiro atoms. The number of benzene rings is 7. The number of ether oxygens (including phenoxy) is 5. The summed E-state index contributed by atoms with van der Waals surface area (Å²) in [5.41, 5.74) is 4.33. The molecule has 0 aliphatic carbocycles. The van der Waals surface area contributed by atoms with E-state index in [1.165, 1.54) is 13.2 Å². The molecule has 1 fully saturated rings. The van der Waals surface area contributed by atoms with Crippen molar-refractivity contribution in [1.82, 2.24) is 0 Å². The quantitative estimate of drug-likeness (QED) is 0.0864. The van der Waals surface area contributed by atoms with Gasteiger partial charge in [-0.1, -0.05) is 0 Å². The Morgan fingerprint density at radius 2 is 0.655 bits per heavy atom. The van der Waals surface area contributed by atoms with Crippen molar-refractivity contribution < 1.29 is 23.7 Å². The van der Waals surface area contributed by atoms with E-state index in [2.05, 4.69) is 164 Å². The summed E-state index contributed by atoms with van der Waals surface area (Å²) in [6.07, 6.45) is -2.08. The zero-order valence-corrected chi connectivity index (χ0v) is 34.8. The summed E-state index contributed by atoms with van der Waals surface area (Å²) in [5.74, 6) is 0. The minimum absolute atomic E-state index is 0.304. The molecule has 58 heavy (non-hydrogen) atoms. The summed E-state index contributed by atoms with van der Waals surface area (Å²) in [4.78, 5) is -0.418. The molecule has 0 unspecified atom stereocenters. The molecular formula is C52H50GeO5. The van der Waals surface area contributed by atoms with Crippen LogP contribution in [0.4, 0.5) is 0 Å². The second-order valence-corrected chi connectivity index (χ2v) is 23.0. The molecule has 1 heterocycles. The molecule has 8 rings (SSSR count). The minimum atomic E-state index is -3.99. The number of hydrogen-bond acceptors (Lipinski definition) is 5. The van der Waals surface area contributed by atoms with Gasteiger partial charge in [0, 0.05) is 0 Å². The van der Waals surface area contributed by atoms with Crippen LogP contribution in [0.15, 0.2) is 212 Å². The third kappa shape index (κ3) is 9.43. The molecule has 5 atom stereocenters. The van der Waals surface area contributed by atoms with E-state index in [1.54, 1.807) is 0 Å². The molecule has 0 radical (unpaired) electrons. The van der Waals surface area contributed by atoms with Crippen LogP contribution in [-0.4, -0.2) is 49.2 Å². The van der Waals surface area contributed by atoms with Gasteiger partial charge in [-0.3, -0.25) is 0 Å². The Bertz CT molecular complexity index is 2120. The maximum absolute atomic E-state index is 7.77. The van der Waals surface area contributed by atoms with E-state index < -0.39 is 42.6 Å². The van der Waals surface area contributed by atoms with Gasteiger partial charge >= 0.3 is 347 Å². The van der Waals surface area contributed by atoms with Gasteiger partial charge in [-0.15, -0.1) is 0 Å². The molecule has 1 aliphatic heterocycles. The van der Waals surface area contributed by atoms with Gasteiger partial charge in [0.25, 0.3) is 0 Å². The zero-order valence-electron chi connectivity index (χ0n) is 32.7. The first kappa shape index (κ1) is 39.7. The van der Waals surface area contributed by atoms with Crippen molar-refractivity contribution in [3.63, 3.8) is 0 Å². The van der Waals surface area contributed by atoms with Crippen LogP contribution >= 0.6 is 0 Å². The molecule has 292 valence electrons. The second kappa shape index (κ2) is 20.0. The van der Waals surface area contributed by atoms with Crippen LogP contribution in [0.3, 0.4) is 0 Å². The molecule has 0 aromatic heterocycles. The predicted molar refractivity (Wildman–Crippen MR) is 234 cm³/mol. The van der Waals surface area contributed by atoms with Crippen molar-refractivity contribution in [2.75, 3.05) is 6.61 Å². The maximum atomic E-state index is 7.77. The van der Waals surface area contributed by atoms with Gasteiger partial charge in [0.15, 0.2) is 0 Å². The monoisotopic (exact) mass is 828 g/mol. The molecular weight excluding hydrogens is 777 g/mol. The SMILES string of the molecule is c1ccc(COC[C@H]2O[C@H]([Ge]([c]3ccccc3)([c]3ccccc3)[c]3ccccc3)[C@@H](OCc3ccccc3)[C@@H](OCc3ccccc3)[C@@H]2OCc2ccccc2)cc1. The zero-order chi connectivity index (χ0) is 39.2. The van der Waals surface area contributed by atoms with Crippen molar-refractivity contribution in [1.29, 1.82) is 0 Å². The van der Waals surface area contributed by atoms with Crippen LogP contribution in [0.5, 0.6) is 0 Å². The molecule has 0 N–H and O–H groups in total. The summed E-state index contributed by atoms with van der Waals surface area (Å²) >= 11 is -3.99. The Hall–Kier alpha value is -5.12. The van der Waals surface area contributed by atoms with Crippen LogP contribution in [0, 0.1) is 0 Å². The fraction of sp³-hybridized carbons (Fsp3) is 0.192. The topological polar surface area (TPSA) is 46.2 Å². The van der Waals surface area contributed by atoms with E-state index in [1.807, 2.05) is 48.5 Å². The first-order valence-corrected chi connectivity index (χ1v) is 24.5. The van der Waals surface area contributed by atoms with E-state index in [9.17, 15) is 0 Å². The average Bonchev–Trinajstić information content (AvgIpc) is 3.30. The van der Waals surface area contributed by atoms with Gasteiger partial charge in [0.1, 0.15) is 0 Å². The summed E-state index contributed by atoms with van der Waals surface area (Å²) in [7, 11) is 0. The van der Waals surface area contributed by atoms with Crippen molar-refractivity contribution in [2.24, 2.45) is 0 Å². The van der Waals surface area contributed by atoms with E-state index in [0.29, 0.717) is 33.0 Å². The molecule has 0 bridgehead atoms. The van der Waals surface area contributed by atoms with E-state index in [-0.39, 0.29) is 0 Å². The molecule has 6 heteroatoms. The average molecular weight is 828 g/mol. The third-order valence-corrected chi connectivity index (χ3v) is 21.6. The molecule has 5 nitrogen and oxygen atoms in total. The third-order valence-electron chi connectivity index (χ3n) is 11.0. The standard InChI is InChI=1S/C52H50GeO5/c1-8-22-41(23-9-1)36-54-40-48-49(55-37-42-24-10-2-11-25-42)50(56-38-43-26-12-3-13-27-43)51(57-39-44-28-14-4-15-29-44)52(58-48)53(45-30-16-5-17-31-45,46-32-18-6-19-33-46)47-34-20-7-21-35-47/h1-35,48-52H,36-40H2/t48-,49-,50+,51+,52+/m1/s1. The van der Waals surface area contributed by atoms with E-state index in [4.69, 9.17) is 23.7 Å². The molecule has 7 aromatic rings. The van der Waals surface area contributed by atoms with Crippen LogP contribution in [-0.2, 0) is 50.1 Å². The number of hydrogen-bond donors (Lipinski definition) is 0. The Kier molecular flexibility index (Phi) is 13.7. The summed E-state index contributed by atoms with van der Waals surface area (Å²) < 4.78 is 39.8. The van der Waals surface area contributed by atoms with Gasteiger partial charge in [-0.05, 0) is 0 Å². The van der Waals surface area contributed by atoms with Crippen LogP contribution in [0.25, 0.3) is 0 Å². The predicted octanol–water partition coefficient (Wildman–Crippen LogP) is 8.44.